The predicted octanol–water partition coefficient (Wildman–Crippen LogP) is 6.77. The van der Waals surface area contributed by atoms with Gasteiger partial charge in [-0.15, -0.1) is 10.2 Å². The molecule has 0 aliphatic carbocycles. The maximum atomic E-state index is 6.94. The van der Waals surface area contributed by atoms with E-state index in [-0.39, 0.29) is 42.5 Å². The maximum Gasteiger partial charge on any atom is 0.247 e. The van der Waals surface area contributed by atoms with Gasteiger partial charge in [0.05, 0.1) is 43.5 Å². The number of nitrogens with zero attached hydrogens (tertiary/aromatic N) is 2. The van der Waals surface area contributed by atoms with Crippen LogP contribution in [0.5, 0.6) is 0 Å². The molecule has 0 N–H and O–H groups in total. The highest BCUT2D eigenvalue weighted by Crippen LogP contribution is 2.41. The van der Waals surface area contributed by atoms with Crippen molar-refractivity contribution in [3.8, 4) is 11.5 Å². The van der Waals surface area contributed by atoms with Crippen LogP contribution in [0.3, 0.4) is 0 Å². The van der Waals surface area contributed by atoms with Crippen LogP contribution in [-0.4, -0.2) is 78.4 Å². The monoisotopic (exact) mass is 620 g/mol. The summed E-state index contributed by atoms with van der Waals surface area (Å²) in [5.74, 6) is 1.59. The van der Waals surface area contributed by atoms with Crippen molar-refractivity contribution in [3.05, 3.63) is 36.2 Å². The Morgan fingerprint density at radius 3 is 2.07 bits per heavy atom. The Bertz CT molecular complexity index is 1110. The normalized spacial score (nSPS) is 28.9. The van der Waals surface area contributed by atoms with E-state index in [0.717, 1.165) is 12.0 Å². The van der Waals surface area contributed by atoms with Gasteiger partial charge in [0.15, 0.2) is 25.0 Å². The zero-order valence-corrected chi connectivity index (χ0v) is 30.0. The van der Waals surface area contributed by atoms with E-state index in [9.17, 15) is 0 Å². The highest BCUT2D eigenvalue weighted by Gasteiger charge is 2.51. The molecule has 8 atom stereocenters. The molecule has 1 aromatic carbocycles. The Hall–Kier alpha value is -1.19. The van der Waals surface area contributed by atoms with Crippen molar-refractivity contribution in [2.45, 2.75) is 122 Å². The molecule has 2 aliphatic rings. The number of benzene rings is 1. The van der Waals surface area contributed by atoms with Crippen LogP contribution in [0, 0.1) is 11.8 Å². The topological polar surface area (TPSA) is 88.4 Å². The van der Waals surface area contributed by atoms with Gasteiger partial charge in [0.25, 0.3) is 0 Å². The lowest BCUT2D eigenvalue weighted by Crippen LogP contribution is -2.58. The van der Waals surface area contributed by atoms with Crippen molar-refractivity contribution in [1.29, 1.82) is 0 Å². The molecular weight excluding hydrogens is 569 g/mol. The summed E-state index contributed by atoms with van der Waals surface area (Å²) in [5, 5.41) is 8.66. The summed E-state index contributed by atoms with van der Waals surface area (Å²) < 4.78 is 39.1. The molecule has 0 bridgehead atoms. The predicted molar refractivity (Wildman–Crippen MR) is 169 cm³/mol. The third kappa shape index (κ3) is 9.65. The first-order chi connectivity index (χ1) is 19.0. The molecule has 0 radical (unpaired) electrons. The lowest BCUT2D eigenvalue weighted by molar-refractivity contribution is -0.153. The molecule has 8 nitrogen and oxygen atoms in total. The van der Waals surface area contributed by atoms with Crippen LogP contribution in [0.1, 0.15) is 26.2 Å². The Balaban J connectivity index is 1.50. The fourth-order valence-corrected chi connectivity index (χ4v) is 9.24. The van der Waals surface area contributed by atoms with Crippen molar-refractivity contribution < 1.29 is 27.2 Å². The smallest absolute Gasteiger partial charge is 0.247 e. The number of hydrogen-bond acceptors (Lipinski definition) is 8. The average molecular weight is 621 g/mol. The van der Waals surface area contributed by atoms with Crippen molar-refractivity contribution >= 4 is 25.0 Å². The summed E-state index contributed by atoms with van der Waals surface area (Å²) in [4.78, 5) is 0. The largest absolute Gasteiger partial charge is 0.421 e. The minimum atomic E-state index is -1.95. The second kappa shape index (κ2) is 12.8. The van der Waals surface area contributed by atoms with E-state index in [1.54, 1.807) is 0 Å². The summed E-state index contributed by atoms with van der Waals surface area (Å²) in [5.41, 5.74) is 0.906. The minimum absolute atomic E-state index is 0.0838. The van der Waals surface area contributed by atoms with Crippen LogP contribution in [0.2, 0.25) is 58.9 Å². The summed E-state index contributed by atoms with van der Waals surface area (Å²) in [6, 6.07) is 9.85. The fraction of sp³-hybridized carbons (Fsp3) is 0.733. The van der Waals surface area contributed by atoms with Gasteiger partial charge < -0.3 is 27.2 Å². The number of hydrogen-bond donors (Lipinski definition) is 0. The summed E-state index contributed by atoms with van der Waals surface area (Å²) in [6.07, 6.45) is 1.41. The van der Waals surface area contributed by atoms with Crippen LogP contribution < -0.4 is 0 Å². The molecule has 2 aromatic rings. The van der Waals surface area contributed by atoms with Crippen LogP contribution in [0.15, 0.2) is 34.7 Å². The first kappa shape index (κ1) is 32.7. The Labute approximate surface area is 250 Å². The Morgan fingerprint density at radius 1 is 0.829 bits per heavy atom. The third-order valence-corrected chi connectivity index (χ3v) is 10.5. The molecule has 0 amide bonds. The number of ether oxygens (including phenoxy) is 2. The summed E-state index contributed by atoms with van der Waals surface area (Å²) in [7, 11) is -5.47. The molecule has 41 heavy (non-hydrogen) atoms. The van der Waals surface area contributed by atoms with Gasteiger partial charge in [-0.05, 0) is 84.4 Å². The highest BCUT2D eigenvalue weighted by molar-refractivity contribution is 6.70. The zero-order chi connectivity index (χ0) is 30.2. The molecule has 230 valence electrons. The number of rotatable bonds is 13. The molecule has 2 fully saturated rings. The average Bonchev–Trinajstić information content (AvgIpc) is 3.45. The van der Waals surface area contributed by atoms with Gasteiger partial charge in [-0.25, -0.2) is 0 Å². The second-order valence-corrected chi connectivity index (χ2v) is 28.1. The second-order valence-electron chi connectivity index (χ2n) is 14.8. The lowest BCUT2D eigenvalue weighted by atomic mass is 9.86. The standard InChI is InChI=1S/C30H52N2O6Si3/c1-20(21(2)36-39(3,4)5)27-25(34-27)17-23-19-33-24(29(38-41(9,10)11)28(23)37-40(6,7)8)18-26-31-32-30(35-26)22-15-13-12-14-16-22/h12-16,20-21,23-25,27-29H,17-19H2,1-11H3/t20-,21-,23-,24-,25-,27-,28+,29-/m0/s1. The SMILES string of the molecule is C[C@H]([C@@H]1O[C@H]1C[C@H]1CO[C@@H](Cc2nnc(-c3ccccc3)o2)[C@H](O[Si](C)(C)C)[C@@H]1O[Si](C)(C)C)[C@H](C)O[Si](C)(C)C. The summed E-state index contributed by atoms with van der Waals surface area (Å²) >= 11 is 0. The quantitative estimate of drug-likeness (QED) is 0.179. The maximum absolute atomic E-state index is 6.94. The van der Waals surface area contributed by atoms with E-state index in [2.05, 4.69) is 83.0 Å². The van der Waals surface area contributed by atoms with Gasteiger partial charge >= 0.3 is 0 Å². The molecule has 2 aliphatic heterocycles. The van der Waals surface area contributed by atoms with Gasteiger partial charge in [-0.2, -0.15) is 0 Å². The lowest BCUT2D eigenvalue weighted by Gasteiger charge is -2.46. The number of aromatic nitrogens is 2. The molecule has 3 heterocycles. The third-order valence-electron chi connectivity index (χ3n) is 7.48. The van der Waals surface area contributed by atoms with E-state index < -0.39 is 25.0 Å². The first-order valence-corrected chi connectivity index (χ1v) is 25.4. The van der Waals surface area contributed by atoms with Gasteiger partial charge in [-0.3, -0.25) is 0 Å². The van der Waals surface area contributed by atoms with Crippen molar-refractivity contribution in [3.63, 3.8) is 0 Å². The highest BCUT2D eigenvalue weighted by atomic mass is 28.4. The van der Waals surface area contributed by atoms with Gasteiger partial charge in [-0.1, -0.05) is 25.1 Å². The Kier molecular flexibility index (Phi) is 10.2. The molecule has 11 heteroatoms. The van der Waals surface area contributed by atoms with Crippen molar-refractivity contribution in [2.75, 3.05) is 6.61 Å². The molecule has 0 spiro atoms. The molecule has 0 unspecified atom stereocenters. The van der Waals surface area contributed by atoms with Crippen LogP contribution in [-0.2, 0) is 29.2 Å². The first-order valence-electron chi connectivity index (χ1n) is 15.2. The van der Waals surface area contributed by atoms with Gasteiger partial charge in [0.1, 0.15) is 0 Å². The van der Waals surface area contributed by atoms with E-state index >= 15 is 0 Å². The molecule has 0 saturated carbocycles. The van der Waals surface area contributed by atoms with Crippen LogP contribution in [0.25, 0.3) is 11.5 Å². The van der Waals surface area contributed by atoms with Crippen molar-refractivity contribution in [1.82, 2.24) is 10.2 Å². The molecule has 4 rings (SSSR count). The summed E-state index contributed by atoms with van der Waals surface area (Å²) in [6.45, 7) is 25.2. The van der Waals surface area contributed by atoms with E-state index in [1.807, 2.05) is 30.3 Å². The van der Waals surface area contributed by atoms with E-state index in [4.69, 9.17) is 27.2 Å². The minimum Gasteiger partial charge on any atom is -0.421 e. The van der Waals surface area contributed by atoms with E-state index in [1.165, 1.54) is 0 Å². The van der Waals surface area contributed by atoms with Gasteiger partial charge in [0, 0.05) is 23.5 Å². The van der Waals surface area contributed by atoms with Crippen LogP contribution in [0.4, 0.5) is 0 Å². The Morgan fingerprint density at radius 2 is 1.46 bits per heavy atom. The fourth-order valence-electron chi connectivity index (χ4n) is 5.66. The molecular formula is C30H52N2O6Si3. The van der Waals surface area contributed by atoms with Crippen molar-refractivity contribution in [2.24, 2.45) is 11.8 Å². The van der Waals surface area contributed by atoms with E-state index in [0.29, 0.717) is 30.7 Å². The zero-order valence-electron chi connectivity index (χ0n) is 27.0. The molecule has 2 saturated heterocycles. The molecule has 1 aromatic heterocycles. The van der Waals surface area contributed by atoms with Gasteiger partial charge in [0.2, 0.25) is 11.8 Å². The van der Waals surface area contributed by atoms with Crippen LogP contribution >= 0.6 is 0 Å². The number of epoxide rings is 1.